The molecule has 0 radical (unpaired) electrons. The van der Waals surface area contributed by atoms with Crippen molar-refractivity contribution in [2.75, 3.05) is 23.7 Å². The number of fused-ring (bicyclic) bond motifs is 4. The summed E-state index contributed by atoms with van der Waals surface area (Å²) in [6.45, 7) is 3.76. The van der Waals surface area contributed by atoms with Crippen LogP contribution in [0.15, 0.2) is 44.0 Å². The van der Waals surface area contributed by atoms with Gasteiger partial charge in [0.05, 0.1) is 11.4 Å². The molecule has 14 nitrogen and oxygen atoms in total. The maximum Gasteiger partial charge on any atom is 0.300 e. The summed E-state index contributed by atoms with van der Waals surface area (Å²) in [5.41, 5.74) is 11.5. The summed E-state index contributed by atoms with van der Waals surface area (Å²) in [7, 11) is -9.69. The number of nitrogens with one attached hydrogen (secondary N) is 2. The molecule has 0 spiro atoms. The molecule has 8 N–H and O–H groups in total. The normalized spacial score (nSPS) is 14.9. The number of hydrogen-bond donors (Lipinski definition) is 6. The van der Waals surface area contributed by atoms with Gasteiger partial charge in [0.15, 0.2) is 32.8 Å². The van der Waals surface area contributed by atoms with Crippen molar-refractivity contribution < 1.29 is 35.4 Å². The Bertz CT molecular complexity index is 1840. The topological polar surface area (TPSA) is 228 Å². The maximum absolute atomic E-state index is 12.4. The first-order valence-corrected chi connectivity index (χ1v) is 15.8. The lowest BCUT2D eigenvalue weighted by Gasteiger charge is -2.24. The molecule has 2 aliphatic rings. The van der Waals surface area contributed by atoms with Gasteiger partial charge in [-0.2, -0.15) is 16.8 Å². The molecular weight excluding hydrogens is 635 g/mol. The molecule has 0 aromatic heterocycles. The molecule has 0 saturated carbocycles. The molecule has 2 aliphatic heterocycles. The average molecular weight is 660 g/mol. The van der Waals surface area contributed by atoms with Gasteiger partial charge in [-0.15, -0.1) is 0 Å². The maximum atomic E-state index is 12.4. The summed E-state index contributed by atoms with van der Waals surface area (Å²) in [5.74, 6) is -1.03. The Hall–Kier alpha value is -3.22. The first kappa shape index (κ1) is 30.2. The Labute approximate surface area is 249 Å². The number of nitrogens with two attached hydrogens (primary N) is 2. The minimum atomic E-state index is -4.85. The predicted molar refractivity (Wildman–Crippen MR) is 155 cm³/mol. The van der Waals surface area contributed by atoms with Crippen molar-refractivity contribution >= 4 is 66.2 Å². The fraction of sp³-hybridized carbons (Fsp3) is 0.250. The van der Waals surface area contributed by atoms with Gasteiger partial charge in [0.25, 0.3) is 20.2 Å². The number of benzene rings is 3. The molecule has 0 saturated heterocycles. The van der Waals surface area contributed by atoms with Gasteiger partial charge in [-0.1, -0.05) is 23.2 Å². The van der Waals surface area contributed by atoms with Crippen LogP contribution in [0.3, 0.4) is 0 Å². The van der Waals surface area contributed by atoms with Crippen LogP contribution in [0, 0.1) is 0 Å². The molecule has 0 bridgehead atoms. The van der Waals surface area contributed by atoms with Crippen LogP contribution in [0.1, 0.15) is 13.8 Å². The standard InChI is InChI=1S/C24H24Cl2N6O8S2/c1-9(27)7-29-13-5-3-11-19(23(13)41(33,34)35)39-21-15(25)18-22(16(26)17(21)31-11)40-20-12(32-18)4-6-14(30-8-10(2)28)24(20)42(36,37)38/h3-6,9-10,29-30H,7-8,27-28H2,1-2H3,(H,33,34,35)(H,36,37,38). The zero-order chi connectivity index (χ0) is 30.7. The highest BCUT2D eigenvalue weighted by Gasteiger charge is 2.34. The number of hydrogen-bond acceptors (Lipinski definition) is 12. The zero-order valence-electron chi connectivity index (χ0n) is 21.8. The number of rotatable bonds is 8. The Morgan fingerprint density at radius 2 is 1.10 bits per heavy atom. The van der Waals surface area contributed by atoms with Crippen molar-refractivity contribution in [1.82, 2.24) is 0 Å². The van der Waals surface area contributed by atoms with Crippen LogP contribution in [0.4, 0.5) is 22.7 Å². The third kappa shape index (κ3) is 5.47. The third-order valence-electron chi connectivity index (χ3n) is 6.05. The number of ether oxygens (including phenoxy) is 2. The Morgan fingerprint density at radius 3 is 1.40 bits per heavy atom. The van der Waals surface area contributed by atoms with Gasteiger partial charge in [0.2, 0.25) is 0 Å². The molecule has 2 heterocycles. The van der Waals surface area contributed by atoms with E-state index >= 15 is 0 Å². The molecule has 18 heteroatoms. The van der Waals surface area contributed by atoms with E-state index in [1.165, 1.54) is 24.3 Å². The van der Waals surface area contributed by atoms with E-state index in [4.69, 9.17) is 44.1 Å². The van der Waals surface area contributed by atoms with Gasteiger partial charge >= 0.3 is 0 Å². The molecule has 5 rings (SSSR count). The Balaban J connectivity index is 1.72. The van der Waals surface area contributed by atoms with E-state index in [0.717, 1.165) is 0 Å². The van der Waals surface area contributed by atoms with E-state index in [9.17, 15) is 25.9 Å². The summed E-state index contributed by atoms with van der Waals surface area (Å²) in [5, 5.41) is 5.14. The Kier molecular flexibility index (Phi) is 7.78. The number of anilines is 2. The third-order valence-corrected chi connectivity index (χ3v) is 8.59. The van der Waals surface area contributed by atoms with Gasteiger partial charge in [0.1, 0.15) is 32.1 Å². The zero-order valence-corrected chi connectivity index (χ0v) is 25.0. The smallest absolute Gasteiger partial charge is 0.300 e. The van der Waals surface area contributed by atoms with Crippen LogP contribution in [0.2, 0.25) is 10.0 Å². The summed E-state index contributed by atoms with van der Waals surface area (Å²) in [6.07, 6.45) is 0. The second kappa shape index (κ2) is 10.8. The van der Waals surface area contributed by atoms with Crippen molar-refractivity contribution in [1.29, 1.82) is 0 Å². The van der Waals surface area contributed by atoms with E-state index in [2.05, 4.69) is 20.6 Å². The molecule has 0 fully saturated rings. The van der Waals surface area contributed by atoms with Gasteiger partial charge < -0.3 is 31.6 Å². The summed E-state index contributed by atoms with van der Waals surface area (Å²) < 4.78 is 81.6. The van der Waals surface area contributed by atoms with Crippen LogP contribution >= 0.6 is 23.2 Å². The summed E-state index contributed by atoms with van der Waals surface area (Å²) >= 11 is 13.3. The largest absolute Gasteiger partial charge is 0.450 e. The number of halogens is 2. The lowest BCUT2D eigenvalue weighted by molar-refractivity contribution is 0.428. The van der Waals surface area contributed by atoms with Crippen LogP contribution in [-0.2, 0) is 20.2 Å². The first-order valence-electron chi connectivity index (χ1n) is 12.2. The minimum Gasteiger partial charge on any atom is -0.450 e. The Morgan fingerprint density at radius 1 is 0.738 bits per heavy atom. The van der Waals surface area contributed by atoms with Gasteiger partial charge in [-0.05, 0) is 38.1 Å². The van der Waals surface area contributed by atoms with Crippen molar-refractivity contribution in [3.05, 3.63) is 45.0 Å². The quantitative estimate of drug-likeness (QED) is 0.132. The minimum absolute atomic E-state index is 0.0144. The molecule has 2 unspecified atom stereocenters. The summed E-state index contributed by atoms with van der Waals surface area (Å²) in [4.78, 5) is 7.60. The van der Waals surface area contributed by atoms with Gasteiger partial charge in [0, 0.05) is 25.2 Å². The lowest BCUT2D eigenvalue weighted by atomic mass is 10.2. The predicted octanol–water partition coefficient (Wildman–Crippen LogP) is 3.12. The van der Waals surface area contributed by atoms with Crippen molar-refractivity contribution in [3.8, 4) is 23.0 Å². The fourth-order valence-corrected chi connectivity index (χ4v) is 6.37. The second-order valence-electron chi connectivity index (χ2n) is 9.66. The lowest BCUT2D eigenvalue weighted by Crippen LogP contribution is -2.26. The molecule has 2 atom stereocenters. The first-order chi connectivity index (χ1) is 19.6. The SMILES string of the molecule is CC(N)CNc1ccc2c(c1S(=O)(=O)O)Oc1c(Cl)c3c(c(Cl)c1=N2)Oc1c(ccc(NCC(C)N)c1S(=O)(=O)O)N=3. The van der Waals surface area contributed by atoms with Crippen molar-refractivity contribution in [2.24, 2.45) is 21.5 Å². The molecule has 3 aromatic carbocycles. The fourth-order valence-electron chi connectivity index (χ4n) is 4.26. The molecular formula is C24H24Cl2N6O8S2. The second-order valence-corrected chi connectivity index (χ2v) is 13.1. The van der Waals surface area contributed by atoms with Crippen LogP contribution < -0.4 is 42.3 Å². The van der Waals surface area contributed by atoms with E-state index < -0.39 is 30.0 Å². The van der Waals surface area contributed by atoms with Crippen molar-refractivity contribution in [3.63, 3.8) is 0 Å². The molecule has 42 heavy (non-hydrogen) atoms. The average Bonchev–Trinajstić information content (AvgIpc) is 2.89. The van der Waals surface area contributed by atoms with E-state index in [1.807, 2.05) is 0 Å². The monoisotopic (exact) mass is 658 g/mol. The van der Waals surface area contributed by atoms with Crippen LogP contribution in [0.5, 0.6) is 23.0 Å². The highest BCUT2D eigenvalue weighted by Crippen LogP contribution is 2.48. The molecule has 0 amide bonds. The number of nitrogens with zero attached hydrogens (tertiary/aromatic N) is 2. The molecule has 3 aromatic rings. The molecule has 0 aliphatic carbocycles. The van der Waals surface area contributed by atoms with Crippen LogP contribution in [0.25, 0.3) is 0 Å². The highest BCUT2D eigenvalue weighted by atomic mass is 35.5. The summed E-state index contributed by atoms with van der Waals surface area (Å²) in [6, 6.07) is 4.90. The highest BCUT2D eigenvalue weighted by molar-refractivity contribution is 7.86. The van der Waals surface area contributed by atoms with Crippen LogP contribution in [-0.4, -0.2) is 51.1 Å². The van der Waals surface area contributed by atoms with Gasteiger partial charge in [-0.3, -0.25) is 9.11 Å². The van der Waals surface area contributed by atoms with Crippen molar-refractivity contribution in [2.45, 2.75) is 35.7 Å². The molecule has 224 valence electrons. The van der Waals surface area contributed by atoms with E-state index in [0.29, 0.717) is 0 Å². The van der Waals surface area contributed by atoms with Gasteiger partial charge in [-0.25, -0.2) is 9.98 Å². The van der Waals surface area contributed by atoms with E-state index in [1.54, 1.807) is 13.8 Å². The van der Waals surface area contributed by atoms with E-state index in [-0.39, 0.29) is 91.7 Å².